The highest BCUT2D eigenvalue weighted by Gasteiger charge is 1.91. The van der Waals surface area contributed by atoms with Crippen LogP contribution in [0.1, 0.15) is 71.1 Å². The molecule has 0 aromatic rings. The van der Waals surface area contributed by atoms with E-state index in [9.17, 15) is 0 Å². The van der Waals surface area contributed by atoms with Crippen molar-refractivity contribution in [2.45, 2.75) is 71.1 Å². The van der Waals surface area contributed by atoms with Gasteiger partial charge in [-0.1, -0.05) is 57.6 Å². The normalized spacial score (nSPS) is 12.1. The van der Waals surface area contributed by atoms with Gasteiger partial charge in [0.15, 0.2) is 9.03 Å². The molecule has 0 saturated heterocycles. The maximum atomic E-state index is 8.44. The second kappa shape index (κ2) is 16.1. The summed E-state index contributed by atoms with van der Waals surface area (Å²) < 4.78 is 4.90. The van der Waals surface area contributed by atoms with Crippen LogP contribution in [-0.4, -0.2) is 11.5 Å². The minimum absolute atomic E-state index is 0.338. The Balaban J connectivity index is 2.96. The van der Waals surface area contributed by atoms with Gasteiger partial charge in [0.05, 0.1) is 6.61 Å². The average molecular weight is 260 g/mol. The van der Waals surface area contributed by atoms with Gasteiger partial charge in [-0.05, 0) is 25.7 Å². The summed E-state index contributed by atoms with van der Waals surface area (Å²) in [5, 5.41) is 0. The molecule has 1 unspecified atom stereocenters. The van der Waals surface area contributed by atoms with Gasteiger partial charge in [0.2, 0.25) is 0 Å². The van der Waals surface area contributed by atoms with Crippen molar-refractivity contribution in [1.29, 1.82) is 0 Å². The number of allylic oxidation sites excluding steroid dienone is 2. The predicted octanol–water partition coefficient (Wildman–Crippen LogP) is 4.98. The molecule has 0 bridgehead atoms. The summed E-state index contributed by atoms with van der Waals surface area (Å²) in [6.45, 7) is 2.95. The molecule has 0 aromatic heterocycles. The third kappa shape index (κ3) is 16.1. The molecule has 0 aliphatic carbocycles. The minimum atomic E-state index is -0.338. The molecule has 102 valence electrons. The summed E-state index contributed by atoms with van der Waals surface area (Å²) in [6, 6.07) is 0. The molecule has 0 radical (unpaired) electrons. The third-order valence-corrected chi connectivity index (χ3v) is 3.16. The van der Waals surface area contributed by atoms with Crippen LogP contribution in [0.4, 0.5) is 0 Å². The Hall–Kier alpha value is 0.0900. The summed E-state index contributed by atoms with van der Waals surface area (Å²) >= 11 is 0. The Morgan fingerprint density at radius 3 is 2.12 bits per heavy atom. The predicted molar refractivity (Wildman–Crippen MR) is 77.5 cm³/mol. The topological polar surface area (TPSA) is 29.5 Å². The zero-order valence-corrected chi connectivity index (χ0v) is 12.3. The molecule has 0 aliphatic rings. The first-order valence-corrected chi connectivity index (χ1v) is 7.93. The van der Waals surface area contributed by atoms with E-state index in [1.54, 1.807) is 0 Å². The summed E-state index contributed by atoms with van der Waals surface area (Å²) in [6.07, 6.45) is 17.4. The second-order valence-electron chi connectivity index (χ2n) is 4.46. The van der Waals surface area contributed by atoms with Gasteiger partial charge >= 0.3 is 0 Å². The number of hydrogen-bond acceptors (Lipinski definition) is 2. The molecular weight excluding hydrogens is 231 g/mol. The van der Waals surface area contributed by atoms with Crippen LogP contribution in [-0.2, 0) is 4.52 Å². The largest absolute Gasteiger partial charge is 0.352 e. The lowest BCUT2D eigenvalue weighted by molar-refractivity contribution is 0.313. The average Bonchev–Trinajstić information content (AvgIpc) is 2.35. The quantitative estimate of drug-likeness (QED) is 0.287. The van der Waals surface area contributed by atoms with Crippen LogP contribution in [0.25, 0.3) is 0 Å². The number of hydrogen-bond donors (Lipinski definition) is 1. The van der Waals surface area contributed by atoms with Crippen LogP contribution in [0.2, 0.25) is 0 Å². The standard InChI is InChI=1S/C14H29O2P/c1-2-3-4-5-6-7-8-9-10-11-12-13-14-16-17-15/h5-6,15,17H,2-4,7-14H2,1H3/b6-5-. The van der Waals surface area contributed by atoms with Gasteiger partial charge in [-0.15, -0.1) is 0 Å². The first-order chi connectivity index (χ1) is 8.41. The van der Waals surface area contributed by atoms with Crippen molar-refractivity contribution in [3.05, 3.63) is 12.2 Å². The molecule has 0 aliphatic heterocycles. The van der Waals surface area contributed by atoms with E-state index in [0.29, 0.717) is 0 Å². The van der Waals surface area contributed by atoms with E-state index in [-0.39, 0.29) is 9.03 Å². The smallest absolute Gasteiger partial charge is 0.152 e. The van der Waals surface area contributed by atoms with Crippen LogP contribution in [0.3, 0.4) is 0 Å². The van der Waals surface area contributed by atoms with Crippen molar-refractivity contribution in [1.82, 2.24) is 0 Å². The highest BCUT2D eigenvalue weighted by atomic mass is 31.1. The first kappa shape index (κ1) is 17.1. The van der Waals surface area contributed by atoms with E-state index >= 15 is 0 Å². The summed E-state index contributed by atoms with van der Waals surface area (Å²) in [5.74, 6) is 0. The highest BCUT2D eigenvalue weighted by Crippen LogP contribution is 2.10. The van der Waals surface area contributed by atoms with Gasteiger partial charge in [0.25, 0.3) is 0 Å². The van der Waals surface area contributed by atoms with E-state index < -0.39 is 0 Å². The van der Waals surface area contributed by atoms with E-state index in [1.165, 1.54) is 57.8 Å². The zero-order chi connectivity index (χ0) is 12.6. The Morgan fingerprint density at radius 1 is 0.882 bits per heavy atom. The van der Waals surface area contributed by atoms with Crippen molar-refractivity contribution in [2.75, 3.05) is 6.61 Å². The van der Waals surface area contributed by atoms with E-state index in [2.05, 4.69) is 19.1 Å². The van der Waals surface area contributed by atoms with Gasteiger partial charge in [-0.3, -0.25) is 0 Å². The Labute approximate surface area is 109 Å². The van der Waals surface area contributed by atoms with Crippen LogP contribution < -0.4 is 0 Å². The summed E-state index contributed by atoms with van der Waals surface area (Å²) in [4.78, 5) is 8.44. The Morgan fingerprint density at radius 2 is 1.47 bits per heavy atom. The molecule has 0 spiro atoms. The second-order valence-corrected chi connectivity index (χ2v) is 4.93. The van der Waals surface area contributed by atoms with Crippen LogP contribution in [0, 0.1) is 0 Å². The lowest BCUT2D eigenvalue weighted by Gasteiger charge is -2.00. The molecule has 0 amide bonds. The molecule has 2 nitrogen and oxygen atoms in total. The van der Waals surface area contributed by atoms with Gasteiger partial charge in [0.1, 0.15) is 0 Å². The van der Waals surface area contributed by atoms with Gasteiger partial charge in [-0.2, -0.15) is 0 Å². The maximum absolute atomic E-state index is 8.44. The van der Waals surface area contributed by atoms with E-state index in [1.807, 2.05) is 0 Å². The number of rotatable bonds is 13. The monoisotopic (exact) mass is 260 g/mol. The lowest BCUT2D eigenvalue weighted by Crippen LogP contribution is -1.86. The minimum Gasteiger partial charge on any atom is -0.352 e. The summed E-state index contributed by atoms with van der Waals surface area (Å²) in [5.41, 5.74) is 0. The van der Waals surface area contributed by atoms with E-state index in [4.69, 9.17) is 9.42 Å². The molecule has 0 rings (SSSR count). The third-order valence-electron chi connectivity index (χ3n) is 2.82. The fraction of sp³-hybridized carbons (Fsp3) is 0.857. The lowest BCUT2D eigenvalue weighted by atomic mass is 10.1. The van der Waals surface area contributed by atoms with Crippen molar-refractivity contribution >= 4 is 9.03 Å². The Kier molecular flexibility index (Phi) is 16.2. The fourth-order valence-electron chi connectivity index (χ4n) is 1.75. The van der Waals surface area contributed by atoms with Crippen LogP contribution in [0.5, 0.6) is 0 Å². The maximum Gasteiger partial charge on any atom is 0.152 e. The van der Waals surface area contributed by atoms with Gasteiger partial charge < -0.3 is 9.42 Å². The molecule has 1 N–H and O–H groups in total. The molecule has 17 heavy (non-hydrogen) atoms. The van der Waals surface area contributed by atoms with Crippen LogP contribution in [0.15, 0.2) is 12.2 Å². The Bertz CT molecular complexity index is 160. The molecule has 0 saturated carbocycles. The summed E-state index contributed by atoms with van der Waals surface area (Å²) in [7, 11) is -0.338. The SMILES string of the molecule is CCCC/C=C\CCCCCCCCOPO. The van der Waals surface area contributed by atoms with Crippen LogP contribution >= 0.6 is 9.03 Å². The van der Waals surface area contributed by atoms with Crippen molar-refractivity contribution in [2.24, 2.45) is 0 Å². The van der Waals surface area contributed by atoms with Gasteiger partial charge in [0, 0.05) is 0 Å². The first-order valence-electron chi connectivity index (χ1n) is 7.07. The van der Waals surface area contributed by atoms with Crippen molar-refractivity contribution in [3.63, 3.8) is 0 Å². The molecule has 0 aromatic carbocycles. The molecule has 1 atom stereocenters. The van der Waals surface area contributed by atoms with E-state index in [0.717, 1.165) is 13.0 Å². The number of unbranched alkanes of at least 4 members (excludes halogenated alkanes) is 8. The van der Waals surface area contributed by atoms with Crippen molar-refractivity contribution in [3.8, 4) is 0 Å². The van der Waals surface area contributed by atoms with Crippen molar-refractivity contribution < 1.29 is 9.42 Å². The highest BCUT2D eigenvalue weighted by molar-refractivity contribution is 7.24. The molecule has 3 heteroatoms. The fourth-order valence-corrected chi connectivity index (χ4v) is 1.98. The molecular formula is C14H29O2P. The van der Waals surface area contributed by atoms with Gasteiger partial charge in [-0.25, -0.2) is 0 Å². The zero-order valence-electron chi connectivity index (χ0n) is 11.3. The molecule has 0 fully saturated rings. The molecule has 0 heterocycles.